The van der Waals surface area contributed by atoms with Crippen LogP contribution in [0.25, 0.3) is 0 Å². The van der Waals surface area contributed by atoms with Gasteiger partial charge in [0.05, 0.1) is 36.7 Å². The van der Waals surface area contributed by atoms with Gasteiger partial charge in [-0.05, 0) is 69.2 Å². The third kappa shape index (κ3) is 5.81. The fraction of sp³-hybridized carbons (Fsp3) is 0.658. The summed E-state index contributed by atoms with van der Waals surface area (Å²) in [7, 11) is 0. The van der Waals surface area contributed by atoms with Crippen molar-refractivity contribution in [3.05, 3.63) is 48.6 Å². The molecule has 5 rings (SSSR count). The van der Waals surface area contributed by atoms with E-state index in [1.807, 2.05) is 81.2 Å². The Morgan fingerprint density at radius 2 is 1.60 bits per heavy atom. The third-order valence-corrected chi connectivity index (χ3v) is 10.9. The average Bonchev–Trinajstić information content (AvgIpc) is 3.29. The monoisotopic (exact) mass is 649 g/mol. The van der Waals surface area contributed by atoms with Crippen LogP contribution in [0.2, 0.25) is 0 Å². The van der Waals surface area contributed by atoms with E-state index in [0.29, 0.717) is 44.0 Å². The highest BCUT2D eigenvalue weighted by atomic mass is 16.5. The van der Waals surface area contributed by atoms with Crippen molar-refractivity contribution < 1.29 is 29.0 Å². The predicted molar refractivity (Wildman–Crippen MR) is 183 cm³/mol. The Hall–Kier alpha value is -3.17. The van der Waals surface area contributed by atoms with Crippen molar-refractivity contribution in [3.8, 4) is 5.75 Å². The lowest BCUT2D eigenvalue weighted by molar-refractivity contribution is -0.160. The van der Waals surface area contributed by atoms with Crippen LogP contribution >= 0.6 is 0 Å². The van der Waals surface area contributed by atoms with E-state index in [1.54, 1.807) is 9.80 Å². The van der Waals surface area contributed by atoms with Gasteiger partial charge in [-0.2, -0.15) is 0 Å². The van der Waals surface area contributed by atoms with Gasteiger partial charge in [0.15, 0.2) is 0 Å². The van der Waals surface area contributed by atoms with Gasteiger partial charge in [-0.15, -0.1) is 0 Å². The molecule has 1 N–H and O–H groups in total. The van der Waals surface area contributed by atoms with Crippen LogP contribution in [-0.4, -0.2) is 87.8 Å². The highest BCUT2D eigenvalue weighted by Gasteiger charge is 2.76. The predicted octanol–water partition coefficient (Wildman–Crippen LogP) is 5.37. The Morgan fingerprint density at radius 3 is 2.17 bits per heavy atom. The molecule has 47 heavy (non-hydrogen) atoms. The summed E-state index contributed by atoms with van der Waals surface area (Å²) in [6.45, 7) is 19.5. The van der Waals surface area contributed by atoms with Gasteiger partial charge in [0.1, 0.15) is 17.4 Å². The molecule has 9 nitrogen and oxygen atoms in total. The molecule has 0 aromatic heterocycles. The fourth-order valence-electron chi connectivity index (χ4n) is 8.93. The first-order valence-electron chi connectivity index (χ1n) is 17.5. The maximum atomic E-state index is 15.1. The van der Waals surface area contributed by atoms with E-state index in [4.69, 9.17) is 9.47 Å². The van der Waals surface area contributed by atoms with Crippen molar-refractivity contribution >= 4 is 23.4 Å². The zero-order valence-electron chi connectivity index (χ0n) is 29.8. The number of carbonyl (C=O) groups excluding carboxylic acids is 3. The van der Waals surface area contributed by atoms with Gasteiger partial charge in [-0.25, -0.2) is 0 Å². The lowest BCUT2D eigenvalue weighted by Crippen LogP contribution is -2.62. The van der Waals surface area contributed by atoms with E-state index in [-0.39, 0.29) is 35.7 Å². The number of rotatable bonds is 10. The first-order valence-corrected chi connectivity index (χ1v) is 17.5. The lowest BCUT2D eigenvalue weighted by atomic mass is 9.72. The molecule has 4 aliphatic heterocycles. The molecule has 2 saturated heterocycles. The number of likely N-dealkylation sites (tertiary alicyclic amines) is 1. The van der Waals surface area contributed by atoms with Crippen LogP contribution in [-0.2, 0) is 19.1 Å². The minimum atomic E-state index is -1.38. The van der Waals surface area contributed by atoms with Gasteiger partial charge in [-0.1, -0.05) is 72.3 Å². The summed E-state index contributed by atoms with van der Waals surface area (Å²) in [5.74, 6) is -1.92. The molecule has 0 aliphatic carbocycles. The maximum Gasteiger partial charge on any atom is 0.249 e. The Labute approximate surface area is 280 Å². The SMILES string of the molecule is CCOc1ccc(N2CC=C[C@]3(CC)O[C@]45C=CCN(C(C)(C)CC(C)(C)C)C(=O)C4N([C@@H](CO)[C@@H](C)CC)C(=O)[C@@H]5[C@@H]3C2=O)cc1. The van der Waals surface area contributed by atoms with Crippen molar-refractivity contribution in [2.45, 2.75) is 110 Å². The van der Waals surface area contributed by atoms with Crippen molar-refractivity contribution in [2.75, 3.05) is 31.2 Å². The quantitative estimate of drug-likeness (QED) is 0.343. The largest absolute Gasteiger partial charge is 0.494 e. The number of amides is 3. The van der Waals surface area contributed by atoms with Crippen LogP contribution in [0.3, 0.4) is 0 Å². The Kier molecular flexibility index (Phi) is 9.49. The number of aliphatic hydroxyl groups is 1. The Balaban J connectivity index is 1.66. The van der Waals surface area contributed by atoms with E-state index in [1.165, 1.54) is 0 Å². The average molecular weight is 650 g/mol. The standard InChI is InChI=1S/C38H55N3O6/c1-10-25(4)28(23-42)41-31-34(45)40(36(8,9)24-35(5,6)7)22-14-20-38(31)30(33(41)44)29-32(43)39(21-13-19-37(29,11-2)47-38)26-15-17-27(18-16-26)46-12-3/h13-20,25,28-31,42H,10-12,21-24H2,1-9H3/t25-,28-,29+,30-,31?,37-,38-/m0/s1. The highest BCUT2D eigenvalue weighted by Crippen LogP contribution is 2.59. The van der Waals surface area contributed by atoms with E-state index >= 15 is 9.59 Å². The maximum absolute atomic E-state index is 15.1. The van der Waals surface area contributed by atoms with Crippen LogP contribution in [0.5, 0.6) is 5.75 Å². The molecule has 4 aliphatic rings. The molecule has 0 saturated carbocycles. The smallest absolute Gasteiger partial charge is 0.249 e. The summed E-state index contributed by atoms with van der Waals surface area (Å²) in [5.41, 5.74) is -2.36. The third-order valence-electron chi connectivity index (χ3n) is 10.9. The molecule has 1 aromatic carbocycles. The summed E-state index contributed by atoms with van der Waals surface area (Å²) in [5, 5.41) is 10.8. The number of carbonyl (C=O) groups is 3. The molecular weight excluding hydrogens is 594 g/mol. The lowest BCUT2D eigenvalue weighted by Gasteiger charge is -2.46. The molecule has 4 heterocycles. The summed E-state index contributed by atoms with van der Waals surface area (Å²) in [4.78, 5) is 50.2. The molecule has 7 atom stereocenters. The topological polar surface area (TPSA) is 99.6 Å². The molecule has 1 aromatic rings. The molecule has 3 amide bonds. The second-order valence-electron chi connectivity index (χ2n) is 15.7. The van der Waals surface area contributed by atoms with Gasteiger partial charge in [0, 0.05) is 24.3 Å². The van der Waals surface area contributed by atoms with Crippen LogP contribution in [0.4, 0.5) is 5.69 Å². The van der Waals surface area contributed by atoms with Gasteiger partial charge in [0.25, 0.3) is 0 Å². The normalized spacial score (nSPS) is 30.6. The second-order valence-corrected chi connectivity index (χ2v) is 15.7. The van der Waals surface area contributed by atoms with Crippen LogP contribution < -0.4 is 9.64 Å². The molecule has 1 spiro atoms. The van der Waals surface area contributed by atoms with Crippen LogP contribution in [0.15, 0.2) is 48.6 Å². The highest BCUT2D eigenvalue weighted by molar-refractivity contribution is 6.04. The van der Waals surface area contributed by atoms with Crippen LogP contribution in [0, 0.1) is 23.2 Å². The zero-order valence-corrected chi connectivity index (χ0v) is 29.8. The zero-order chi connectivity index (χ0) is 34.5. The summed E-state index contributed by atoms with van der Waals surface area (Å²) >= 11 is 0. The molecule has 0 bridgehead atoms. The van der Waals surface area contributed by atoms with E-state index in [0.717, 1.165) is 6.42 Å². The fourth-order valence-corrected chi connectivity index (χ4v) is 8.93. The Bertz CT molecular complexity index is 1410. The van der Waals surface area contributed by atoms with Crippen molar-refractivity contribution in [2.24, 2.45) is 23.2 Å². The minimum absolute atomic E-state index is 0.0551. The molecular formula is C38H55N3O6. The molecule has 2 fully saturated rings. The number of ether oxygens (including phenoxy) is 2. The number of aliphatic hydroxyl groups excluding tert-OH is 1. The van der Waals surface area contributed by atoms with Gasteiger partial charge in [-0.3, -0.25) is 14.4 Å². The van der Waals surface area contributed by atoms with E-state index in [9.17, 15) is 9.90 Å². The van der Waals surface area contributed by atoms with E-state index < -0.39 is 40.7 Å². The number of benzene rings is 1. The molecule has 1 unspecified atom stereocenters. The Morgan fingerprint density at radius 1 is 0.936 bits per heavy atom. The van der Waals surface area contributed by atoms with Gasteiger partial charge >= 0.3 is 0 Å². The van der Waals surface area contributed by atoms with Crippen molar-refractivity contribution in [1.29, 1.82) is 0 Å². The van der Waals surface area contributed by atoms with Crippen molar-refractivity contribution in [3.63, 3.8) is 0 Å². The van der Waals surface area contributed by atoms with Crippen molar-refractivity contribution in [1.82, 2.24) is 9.80 Å². The second kappa shape index (κ2) is 12.7. The number of fused-ring (bicyclic) bond motifs is 2. The first kappa shape index (κ1) is 35.1. The number of nitrogens with zero attached hydrogens (tertiary/aromatic N) is 3. The van der Waals surface area contributed by atoms with Gasteiger partial charge in [0.2, 0.25) is 17.7 Å². The summed E-state index contributed by atoms with van der Waals surface area (Å²) < 4.78 is 12.8. The van der Waals surface area contributed by atoms with E-state index in [2.05, 4.69) is 34.6 Å². The number of anilines is 1. The van der Waals surface area contributed by atoms with Crippen LogP contribution in [0.1, 0.15) is 81.6 Å². The number of hydrogen-bond acceptors (Lipinski definition) is 6. The molecule has 258 valence electrons. The molecule has 9 heteroatoms. The number of hydrogen-bond donors (Lipinski definition) is 1. The summed E-state index contributed by atoms with van der Waals surface area (Å²) in [6, 6.07) is 5.78. The summed E-state index contributed by atoms with van der Waals surface area (Å²) in [6.07, 6.45) is 9.66. The molecule has 0 radical (unpaired) electrons. The first-order chi connectivity index (χ1) is 22.1. The van der Waals surface area contributed by atoms with Gasteiger partial charge < -0.3 is 29.3 Å². The minimum Gasteiger partial charge on any atom is -0.494 e.